The average Bonchev–Trinajstić information content (AvgIpc) is 2.44. The molecular weight excluding hydrogens is 336 g/mol. The zero-order chi connectivity index (χ0) is 18.8. The minimum atomic E-state index is -0.127. The molecule has 2 atom stereocenters. The fourth-order valence-corrected chi connectivity index (χ4v) is 3.53. The second kappa shape index (κ2) is 12.0. The SMILES string of the molecule is CCCNCC(N(CCN)C(CNCCC)C(C)(C)S)C(C)(C)S. The summed E-state index contributed by atoms with van der Waals surface area (Å²) in [6, 6.07) is 0.576. The molecule has 0 amide bonds. The Morgan fingerprint density at radius 3 is 1.50 bits per heavy atom. The molecule has 0 bridgehead atoms. The molecule has 24 heavy (non-hydrogen) atoms. The second-order valence-corrected chi connectivity index (χ2v) is 10.1. The van der Waals surface area contributed by atoms with Gasteiger partial charge in [0.2, 0.25) is 0 Å². The number of nitrogens with zero attached hydrogens (tertiary/aromatic N) is 1. The van der Waals surface area contributed by atoms with Crippen LogP contribution >= 0.6 is 25.3 Å². The standard InChI is InChI=1S/C18H42N4S2/c1-7-10-20-13-15(17(3,4)23)22(12-9-19)16(18(5,6)24)14-21-11-8-2/h15-16,20-21,23-24H,7-14,19H2,1-6H3. The highest BCUT2D eigenvalue weighted by Gasteiger charge is 2.39. The second-order valence-electron chi connectivity index (χ2n) is 7.77. The van der Waals surface area contributed by atoms with Gasteiger partial charge in [-0.25, -0.2) is 0 Å². The third-order valence-corrected chi connectivity index (χ3v) is 4.94. The van der Waals surface area contributed by atoms with E-state index >= 15 is 0 Å². The van der Waals surface area contributed by atoms with Crippen molar-refractivity contribution in [3.05, 3.63) is 0 Å². The van der Waals surface area contributed by atoms with Crippen LogP contribution in [0.1, 0.15) is 54.4 Å². The predicted molar refractivity (Wildman–Crippen MR) is 116 cm³/mol. The highest BCUT2D eigenvalue weighted by atomic mass is 32.1. The van der Waals surface area contributed by atoms with Crippen LogP contribution in [0.25, 0.3) is 0 Å². The van der Waals surface area contributed by atoms with Crippen LogP contribution in [0, 0.1) is 0 Å². The Labute approximate surface area is 161 Å². The van der Waals surface area contributed by atoms with Crippen molar-refractivity contribution in [2.24, 2.45) is 5.73 Å². The number of thiol groups is 2. The molecule has 6 heteroatoms. The van der Waals surface area contributed by atoms with E-state index < -0.39 is 0 Å². The van der Waals surface area contributed by atoms with Gasteiger partial charge in [-0.15, -0.1) is 0 Å². The summed E-state index contributed by atoms with van der Waals surface area (Å²) >= 11 is 9.83. The molecule has 0 heterocycles. The molecule has 0 spiro atoms. The lowest BCUT2D eigenvalue weighted by atomic mass is 9.93. The van der Waals surface area contributed by atoms with Gasteiger partial charge in [0, 0.05) is 47.8 Å². The molecule has 4 nitrogen and oxygen atoms in total. The van der Waals surface area contributed by atoms with Crippen molar-refractivity contribution in [3.8, 4) is 0 Å². The topological polar surface area (TPSA) is 53.3 Å². The van der Waals surface area contributed by atoms with Crippen molar-refractivity contribution in [2.75, 3.05) is 39.3 Å². The summed E-state index contributed by atoms with van der Waals surface area (Å²) in [5.41, 5.74) is 5.97. The summed E-state index contributed by atoms with van der Waals surface area (Å²) in [7, 11) is 0. The van der Waals surface area contributed by atoms with Crippen molar-refractivity contribution in [1.29, 1.82) is 0 Å². The number of nitrogens with two attached hydrogens (primary N) is 1. The maximum Gasteiger partial charge on any atom is 0.0364 e. The minimum Gasteiger partial charge on any atom is -0.329 e. The third kappa shape index (κ3) is 9.30. The molecule has 0 aromatic rings. The summed E-state index contributed by atoms with van der Waals surface area (Å²) in [6.45, 7) is 18.5. The molecule has 0 fully saturated rings. The quantitative estimate of drug-likeness (QED) is 0.238. The van der Waals surface area contributed by atoms with E-state index in [1.807, 2.05) is 0 Å². The smallest absolute Gasteiger partial charge is 0.0364 e. The lowest BCUT2D eigenvalue weighted by molar-refractivity contribution is 0.0954. The molecule has 0 rings (SSSR count). The van der Waals surface area contributed by atoms with Crippen LogP contribution in [0.3, 0.4) is 0 Å². The van der Waals surface area contributed by atoms with E-state index in [1.165, 1.54) is 0 Å². The summed E-state index contributed by atoms with van der Waals surface area (Å²) in [5.74, 6) is 0. The first-order valence-electron chi connectivity index (χ1n) is 9.41. The van der Waals surface area contributed by atoms with E-state index in [9.17, 15) is 0 Å². The molecule has 0 radical (unpaired) electrons. The van der Waals surface area contributed by atoms with Crippen LogP contribution in [-0.2, 0) is 0 Å². The van der Waals surface area contributed by atoms with Gasteiger partial charge >= 0.3 is 0 Å². The Morgan fingerprint density at radius 1 is 0.875 bits per heavy atom. The van der Waals surface area contributed by atoms with Crippen molar-refractivity contribution in [2.45, 2.75) is 76.0 Å². The van der Waals surface area contributed by atoms with Crippen LogP contribution in [-0.4, -0.2) is 65.7 Å². The monoisotopic (exact) mass is 378 g/mol. The van der Waals surface area contributed by atoms with E-state index in [0.717, 1.165) is 45.6 Å². The molecule has 4 N–H and O–H groups in total. The molecule has 0 aliphatic rings. The number of rotatable bonds is 14. The summed E-state index contributed by atoms with van der Waals surface area (Å²) < 4.78 is -0.254. The van der Waals surface area contributed by atoms with E-state index in [4.69, 9.17) is 31.0 Å². The van der Waals surface area contributed by atoms with E-state index in [0.29, 0.717) is 6.54 Å². The van der Waals surface area contributed by atoms with Crippen molar-refractivity contribution in [1.82, 2.24) is 15.5 Å². The molecule has 0 aliphatic heterocycles. The highest BCUT2D eigenvalue weighted by molar-refractivity contribution is 7.82. The van der Waals surface area contributed by atoms with Gasteiger partial charge < -0.3 is 16.4 Å². The maximum atomic E-state index is 5.97. The van der Waals surface area contributed by atoms with Gasteiger partial charge in [0.15, 0.2) is 0 Å². The van der Waals surface area contributed by atoms with E-state index in [2.05, 4.69) is 57.1 Å². The van der Waals surface area contributed by atoms with Crippen molar-refractivity contribution < 1.29 is 0 Å². The largest absolute Gasteiger partial charge is 0.329 e. The molecule has 0 saturated carbocycles. The highest BCUT2D eigenvalue weighted by Crippen LogP contribution is 2.30. The molecular formula is C18H42N4S2. The Balaban J connectivity index is 5.41. The van der Waals surface area contributed by atoms with E-state index in [-0.39, 0.29) is 21.6 Å². The summed E-state index contributed by atoms with van der Waals surface area (Å²) in [4.78, 5) is 2.52. The maximum absolute atomic E-state index is 5.97. The third-order valence-electron chi connectivity index (χ3n) is 4.35. The minimum absolute atomic E-state index is 0.127. The first-order chi connectivity index (χ1) is 11.1. The molecule has 0 aliphatic carbocycles. The summed E-state index contributed by atoms with van der Waals surface area (Å²) in [6.07, 6.45) is 2.27. The average molecular weight is 379 g/mol. The Bertz CT molecular complexity index is 285. The fraction of sp³-hybridized carbons (Fsp3) is 1.00. The van der Waals surface area contributed by atoms with Crippen molar-refractivity contribution in [3.63, 3.8) is 0 Å². The fourth-order valence-electron chi connectivity index (χ4n) is 3.05. The number of hydrogen-bond donors (Lipinski definition) is 5. The molecule has 2 unspecified atom stereocenters. The summed E-state index contributed by atoms with van der Waals surface area (Å²) in [5, 5.41) is 7.15. The molecule has 0 saturated heterocycles. The van der Waals surface area contributed by atoms with Gasteiger partial charge in [0.05, 0.1) is 0 Å². The Hall–Kier alpha value is 0.540. The van der Waals surface area contributed by atoms with Gasteiger partial charge in [-0.1, -0.05) is 13.8 Å². The normalized spacial score (nSPS) is 15.8. The zero-order valence-electron chi connectivity index (χ0n) is 16.7. The first-order valence-corrected chi connectivity index (χ1v) is 10.3. The molecule has 0 aromatic carbocycles. The van der Waals surface area contributed by atoms with Gasteiger partial charge in [-0.3, -0.25) is 4.90 Å². The van der Waals surface area contributed by atoms with Crippen LogP contribution in [0.4, 0.5) is 0 Å². The first kappa shape index (κ1) is 24.5. The predicted octanol–water partition coefficient (Wildman–Crippen LogP) is 2.40. The van der Waals surface area contributed by atoms with Crippen LogP contribution < -0.4 is 16.4 Å². The zero-order valence-corrected chi connectivity index (χ0v) is 18.5. The van der Waals surface area contributed by atoms with Gasteiger partial charge in [0.1, 0.15) is 0 Å². The molecule has 146 valence electrons. The van der Waals surface area contributed by atoms with Crippen LogP contribution in [0.15, 0.2) is 0 Å². The number of nitrogens with one attached hydrogen (secondary N) is 2. The van der Waals surface area contributed by atoms with Gasteiger partial charge in [-0.05, 0) is 53.6 Å². The number of hydrogen-bond acceptors (Lipinski definition) is 6. The van der Waals surface area contributed by atoms with Gasteiger partial charge in [0.25, 0.3) is 0 Å². The lowest BCUT2D eigenvalue weighted by Gasteiger charge is -2.48. The van der Waals surface area contributed by atoms with Crippen molar-refractivity contribution >= 4 is 25.3 Å². The van der Waals surface area contributed by atoms with Gasteiger partial charge in [-0.2, -0.15) is 25.3 Å². The van der Waals surface area contributed by atoms with Crippen LogP contribution in [0.5, 0.6) is 0 Å². The van der Waals surface area contributed by atoms with Crippen LogP contribution in [0.2, 0.25) is 0 Å². The Morgan fingerprint density at radius 2 is 1.25 bits per heavy atom. The Kier molecular flexibility index (Phi) is 12.3. The lowest BCUT2D eigenvalue weighted by Crippen LogP contribution is -2.63. The van der Waals surface area contributed by atoms with E-state index in [1.54, 1.807) is 0 Å². The molecule has 0 aromatic heterocycles.